The average Bonchev–Trinajstić information content (AvgIpc) is 3.07. The van der Waals surface area contributed by atoms with Gasteiger partial charge in [0.15, 0.2) is 5.78 Å². The van der Waals surface area contributed by atoms with Gasteiger partial charge in [-0.15, -0.1) is 0 Å². The van der Waals surface area contributed by atoms with E-state index in [2.05, 4.69) is 0 Å². The first-order valence-corrected chi connectivity index (χ1v) is 16.3. The number of phenols is 1. The third-order valence-corrected chi connectivity index (χ3v) is 10.1. The fourth-order valence-electron chi connectivity index (χ4n) is 6.44. The number of esters is 3. The molecule has 0 spiro atoms. The number of hydrogen-bond acceptors (Lipinski definition) is 11. The smallest absolute Gasteiger partial charge is 0.356 e. The first-order chi connectivity index (χ1) is 24.1. The third-order valence-electron chi connectivity index (χ3n) is 10.1. The number of aromatic carboxylic acids is 1. The molecule has 0 heterocycles. The molecule has 1 unspecified atom stereocenters. The van der Waals surface area contributed by atoms with E-state index >= 15 is 0 Å². The van der Waals surface area contributed by atoms with Crippen LogP contribution in [0.25, 0.3) is 0 Å². The molecule has 4 rings (SSSR count). The second-order valence-corrected chi connectivity index (χ2v) is 13.1. The van der Waals surface area contributed by atoms with Crippen molar-refractivity contribution >= 4 is 29.7 Å². The van der Waals surface area contributed by atoms with Gasteiger partial charge < -0.3 is 34.3 Å². The number of aryl methyl sites for hydroxylation is 1. The molecule has 12 nitrogen and oxygen atoms in total. The van der Waals surface area contributed by atoms with Crippen molar-refractivity contribution in [2.24, 2.45) is 0 Å². The summed E-state index contributed by atoms with van der Waals surface area (Å²) in [6.45, 7) is 17.5. The summed E-state index contributed by atoms with van der Waals surface area (Å²) in [6, 6.07) is 1.43. The molecule has 0 bridgehead atoms. The average molecular weight is 715 g/mol. The van der Waals surface area contributed by atoms with Crippen LogP contribution in [0.1, 0.15) is 93.6 Å². The summed E-state index contributed by atoms with van der Waals surface area (Å²) in [5, 5.41) is 32.2. The van der Waals surface area contributed by atoms with Crippen LogP contribution in [0.4, 0.5) is 0 Å². The molecule has 3 N–H and O–H groups in total. The maximum absolute atomic E-state index is 13.7. The Labute approximate surface area is 301 Å². The van der Waals surface area contributed by atoms with Crippen molar-refractivity contribution in [1.29, 1.82) is 0 Å². The Morgan fingerprint density at radius 1 is 0.615 bits per heavy atom. The number of carboxylic acids is 1. The molecule has 0 amide bonds. The lowest BCUT2D eigenvalue weighted by atomic mass is 9.87. The van der Waals surface area contributed by atoms with E-state index in [0.717, 1.165) is 12.2 Å². The molecule has 3 aromatic rings. The number of carboxylic acid groups (broad SMARTS) is 1. The predicted molar refractivity (Wildman–Crippen MR) is 190 cm³/mol. The summed E-state index contributed by atoms with van der Waals surface area (Å²) >= 11 is 0. The van der Waals surface area contributed by atoms with E-state index in [1.54, 1.807) is 62.3 Å². The number of methoxy groups -OCH3 is 1. The number of carbonyl (C=O) groups excluding carboxylic acids is 4. The van der Waals surface area contributed by atoms with Crippen molar-refractivity contribution < 1.29 is 58.2 Å². The number of benzene rings is 3. The fourth-order valence-corrected chi connectivity index (χ4v) is 6.44. The highest BCUT2D eigenvalue weighted by atomic mass is 16.6. The summed E-state index contributed by atoms with van der Waals surface area (Å²) < 4.78 is 22.4. The number of allylic oxidation sites excluding steroid dienone is 2. The van der Waals surface area contributed by atoms with Crippen molar-refractivity contribution in [2.45, 2.75) is 81.8 Å². The SMILES string of the molecule is COC1=CC(=O)C=C(C)C1(O)C(=O)Oc1c(C)c(C)c(C(=O)Oc2cc(C)c(C(=O)Oc3c(C)c(C)c(C(=O)O)c(C)c3C)c(O)c2C)c(C)c1C. The van der Waals surface area contributed by atoms with E-state index in [1.807, 2.05) is 0 Å². The fraction of sp³-hybridized carbons (Fsp3) is 0.325. The molecular formula is C40H42O12. The van der Waals surface area contributed by atoms with Gasteiger partial charge in [-0.25, -0.2) is 19.2 Å². The molecule has 1 atom stereocenters. The van der Waals surface area contributed by atoms with E-state index in [1.165, 1.54) is 27.0 Å². The summed E-state index contributed by atoms with van der Waals surface area (Å²) in [6.07, 6.45) is 2.12. The van der Waals surface area contributed by atoms with E-state index < -0.39 is 41.0 Å². The standard InChI is InChI=1S/C40H42O12/c1-16-13-28(26(11)33(42)30(16)37(45)51-34-22(7)18(3)31(36(43)44)19(4)23(34)8)50-38(46)32-20(5)24(9)35(25(10)21(32)6)52-39(47)40(48)17(2)14-27(41)15-29(40)49-12/h13-15,42,48H,1-12H3,(H,43,44). The van der Waals surface area contributed by atoms with Crippen LogP contribution >= 0.6 is 0 Å². The van der Waals surface area contributed by atoms with Gasteiger partial charge in [0.25, 0.3) is 0 Å². The highest BCUT2D eigenvalue weighted by Crippen LogP contribution is 2.40. The molecule has 1 aliphatic rings. The normalized spacial score (nSPS) is 15.4. The number of aliphatic hydroxyl groups is 1. The van der Waals surface area contributed by atoms with Gasteiger partial charge in [0.1, 0.15) is 34.3 Å². The monoisotopic (exact) mass is 714 g/mol. The Bertz CT molecular complexity index is 2120. The second-order valence-electron chi connectivity index (χ2n) is 13.1. The first-order valence-electron chi connectivity index (χ1n) is 16.3. The maximum Gasteiger partial charge on any atom is 0.356 e. The molecule has 0 radical (unpaired) electrons. The second kappa shape index (κ2) is 14.1. The molecule has 274 valence electrons. The Kier molecular flexibility index (Phi) is 10.6. The Morgan fingerprint density at radius 2 is 1.08 bits per heavy atom. The molecule has 0 fully saturated rings. The maximum atomic E-state index is 13.7. The van der Waals surface area contributed by atoms with Crippen molar-refractivity contribution in [3.63, 3.8) is 0 Å². The molecule has 0 aromatic heterocycles. The van der Waals surface area contributed by atoms with Gasteiger partial charge in [-0.2, -0.15) is 0 Å². The summed E-state index contributed by atoms with van der Waals surface area (Å²) in [4.78, 5) is 64.5. The number of aromatic hydroxyl groups is 1. The van der Waals surface area contributed by atoms with Gasteiger partial charge in [-0.3, -0.25) is 4.79 Å². The zero-order valence-electron chi connectivity index (χ0n) is 31.2. The first kappa shape index (κ1) is 39.0. The number of hydrogen-bond donors (Lipinski definition) is 3. The summed E-state index contributed by atoms with van der Waals surface area (Å²) in [7, 11) is 1.22. The van der Waals surface area contributed by atoms with Gasteiger partial charge in [0, 0.05) is 11.6 Å². The van der Waals surface area contributed by atoms with Crippen LogP contribution in [0.5, 0.6) is 23.0 Å². The lowest BCUT2D eigenvalue weighted by Gasteiger charge is -2.31. The molecular weight excluding hydrogens is 672 g/mol. The van der Waals surface area contributed by atoms with Crippen LogP contribution in [0, 0.1) is 69.2 Å². The molecule has 0 saturated carbocycles. The van der Waals surface area contributed by atoms with Gasteiger partial charge in [-0.1, -0.05) is 0 Å². The van der Waals surface area contributed by atoms with Gasteiger partial charge in [0.05, 0.1) is 18.2 Å². The summed E-state index contributed by atoms with van der Waals surface area (Å²) in [5.41, 5.74) is 1.64. The van der Waals surface area contributed by atoms with E-state index in [9.17, 15) is 39.3 Å². The molecule has 0 aliphatic heterocycles. The van der Waals surface area contributed by atoms with Crippen LogP contribution < -0.4 is 14.2 Å². The van der Waals surface area contributed by atoms with E-state index in [-0.39, 0.29) is 56.4 Å². The minimum atomic E-state index is -2.35. The largest absolute Gasteiger partial charge is 0.507 e. The van der Waals surface area contributed by atoms with E-state index in [0.29, 0.717) is 44.5 Å². The minimum absolute atomic E-state index is 0.0127. The van der Waals surface area contributed by atoms with Crippen LogP contribution in [0.15, 0.2) is 29.6 Å². The molecule has 1 aliphatic carbocycles. The minimum Gasteiger partial charge on any atom is -0.507 e. The number of ether oxygens (including phenoxy) is 4. The number of carbonyl (C=O) groups is 5. The molecule has 3 aromatic carbocycles. The van der Waals surface area contributed by atoms with Gasteiger partial charge in [0.2, 0.25) is 5.60 Å². The third kappa shape index (κ3) is 6.34. The number of phenolic OH excluding ortho intramolecular Hbond substituents is 1. The lowest BCUT2D eigenvalue weighted by Crippen LogP contribution is -2.47. The van der Waals surface area contributed by atoms with Crippen LogP contribution in [0.3, 0.4) is 0 Å². The van der Waals surface area contributed by atoms with Gasteiger partial charge in [-0.05, 0) is 144 Å². The van der Waals surface area contributed by atoms with Gasteiger partial charge >= 0.3 is 23.9 Å². The van der Waals surface area contributed by atoms with Crippen LogP contribution in [-0.4, -0.2) is 57.7 Å². The number of ketones is 1. The summed E-state index contributed by atoms with van der Waals surface area (Å²) in [5.74, 6) is -4.78. The van der Waals surface area contributed by atoms with Crippen molar-refractivity contribution in [3.8, 4) is 23.0 Å². The lowest BCUT2D eigenvalue weighted by molar-refractivity contribution is -0.151. The molecule has 0 saturated heterocycles. The predicted octanol–water partition coefficient (Wildman–Crippen LogP) is 6.31. The highest BCUT2D eigenvalue weighted by Gasteiger charge is 2.48. The Hall–Kier alpha value is -5.75. The van der Waals surface area contributed by atoms with Crippen molar-refractivity contribution in [3.05, 3.63) is 102 Å². The molecule has 12 heteroatoms. The Morgan fingerprint density at radius 3 is 1.56 bits per heavy atom. The zero-order valence-corrected chi connectivity index (χ0v) is 31.2. The molecule has 52 heavy (non-hydrogen) atoms. The van der Waals surface area contributed by atoms with Crippen molar-refractivity contribution in [1.82, 2.24) is 0 Å². The Balaban J connectivity index is 1.66. The topological polar surface area (TPSA) is 183 Å². The quantitative estimate of drug-likeness (QED) is 0.175. The number of rotatable bonds is 8. The van der Waals surface area contributed by atoms with Crippen LogP contribution in [-0.2, 0) is 14.3 Å². The van der Waals surface area contributed by atoms with Crippen LogP contribution in [0.2, 0.25) is 0 Å². The highest BCUT2D eigenvalue weighted by molar-refractivity contribution is 6.06. The van der Waals surface area contributed by atoms with E-state index in [4.69, 9.17) is 18.9 Å². The zero-order chi connectivity index (χ0) is 39.3. The van der Waals surface area contributed by atoms with Crippen molar-refractivity contribution in [2.75, 3.05) is 7.11 Å².